The highest BCUT2D eigenvalue weighted by atomic mass is 19.4. The maximum Gasteiger partial charge on any atom is 0.573 e. The number of aromatic nitrogens is 2. The average Bonchev–Trinajstić information content (AvgIpc) is 3.29. The molecule has 206 valence electrons. The van der Waals surface area contributed by atoms with Gasteiger partial charge in [0.15, 0.2) is 0 Å². The molecule has 1 unspecified atom stereocenters. The van der Waals surface area contributed by atoms with E-state index in [1.807, 2.05) is 13.1 Å². The highest BCUT2D eigenvalue weighted by Gasteiger charge is 2.31. The number of nitrogens with zero attached hydrogens (tertiary/aromatic N) is 5. The molecule has 0 saturated carbocycles. The smallest absolute Gasteiger partial charge is 0.444 e. The van der Waals surface area contributed by atoms with Crippen LogP contribution in [0.15, 0.2) is 42.3 Å². The van der Waals surface area contributed by atoms with E-state index in [0.717, 1.165) is 39.0 Å². The lowest BCUT2D eigenvalue weighted by molar-refractivity contribution is -0.389. The van der Waals surface area contributed by atoms with Gasteiger partial charge in [-0.15, -0.1) is 13.2 Å². The quantitative estimate of drug-likeness (QED) is 0.160. The number of allylic oxidation sites excluding steroid dienone is 4. The van der Waals surface area contributed by atoms with Crippen molar-refractivity contribution in [1.82, 2.24) is 24.7 Å². The number of hydrogen-bond acceptors (Lipinski definition) is 9. The van der Waals surface area contributed by atoms with Gasteiger partial charge in [-0.3, -0.25) is 9.47 Å². The van der Waals surface area contributed by atoms with Gasteiger partial charge in [0.25, 0.3) is 0 Å². The number of fused-ring (bicyclic) bond motifs is 1. The van der Waals surface area contributed by atoms with Crippen molar-refractivity contribution in [2.45, 2.75) is 32.3 Å². The molecule has 3 heterocycles. The van der Waals surface area contributed by atoms with Crippen molar-refractivity contribution < 1.29 is 32.4 Å². The largest absolute Gasteiger partial charge is 0.573 e. The van der Waals surface area contributed by atoms with Gasteiger partial charge in [-0.05, 0) is 31.0 Å². The van der Waals surface area contributed by atoms with Crippen LogP contribution < -0.4 is 10.1 Å². The van der Waals surface area contributed by atoms with Crippen LogP contribution >= 0.6 is 0 Å². The van der Waals surface area contributed by atoms with Crippen molar-refractivity contribution in [3.05, 3.63) is 52.5 Å². The molecule has 3 rings (SSSR count). The van der Waals surface area contributed by atoms with E-state index in [2.05, 4.69) is 24.8 Å². The second kappa shape index (κ2) is 15.1. The molecule has 1 aromatic rings. The highest BCUT2D eigenvalue weighted by molar-refractivity contribution is 5.49. The van der Waals surface area contributed by atoms with E-state index in [0.29, 0.717) is 32.1 Å². The third-order valence-corrected chi connectivity index (χ3v) is 5.51. The van der Waals surface area contributed by atoms with E-state index in [1.54, 1.807) is 17.6 Å². The fraction of sp³-hybridized carbons (Fsp3) is 0.565. The van der Waals surface area contributed by atoms with Gasteiger partial charge in [0.05, 0.1) is 6.04 Å². The SMILES string of the molecule is C/C=C\C(=C/C=CCN1CCN(CCC=O)CC1)OC(F)(F)F.CNC1COc2nc([N+](=O)[O-])cn2C1. The number of piperazine rings is 1. The second-order valence-corrected chi connectivity index (χ2v) is 8.23. The van der Waals surface area contributed by atoms with E-state index in [1.165, 1.54) is 24.4 Å². The van der Waals surface area contributed by atoms with Crippen LogP contribution in [0.1, 0.15) is 13.3 Å². The van der Waals surface area contributed by atoms with Crippen molar-refractivity contribution in [3.63, 3.8) is 0 Å². The normalized spacial score (nSPS) is 19.3. The lowest BCUT2D eigenvalue weighted by Crippen LogP contribution is -2.46. The summed E-state index contributed by atoms with van der Waals surface area (Å²) in [5.41, 5.74) is 0. The van der Waals surface area contributed by atoms with Gasteiger partial charge in [-0.25, -0.2) is 0 Å². The molecule has 1 saturated heterocycles. The zero-order valence-electron chi connectivity index (χ0n) is 20.9. The van der Waals surface area contributed by atoms with Crippen LogP contribution in [0, 0.1) is 10.1 Å². The molecule has 1 fully saturated rings. The fourth-order valence-corrected chi connectivity index (χ4v) is 3.58. The van der Waals surface area contributed by atoms with Crippen LogP contribution in [-0.4, -0.2) is 95.9 Å². The summed E-state index contributed by atoms with van der Waals surface area (Å²) in [5, 5.41) is 13.5. The molecule has 0 radical (unpaired) electrons. The molecule has 0 aliphatic carbocycles. The zero-order chi connectivity index (χ0) is 27.3. The number of aldehydes is 1. The van der Waals surface area contributed by atoms with Crippen LogP contribution in [-0.2, 0) is 16.1 Å². The third kappa shape index (κ3) is 11.1. The van der Waals surface area contributed by atoms with Gasteiger partial charge in [-0.2, -0.15) is 0 Å². The van der Waals surface area contributed by atoms with Crippen LogP contribution in [0.25, 0.3) is 0 Å². The first-order valence-electron chi connectivity index (χ1n) is 11.8. The van der Waals surface area contributed by atoms with E-state index >= 15 is 0 Å². The number of imidazole rings is 1. The Morgan fingerprint density at radius 3 is 2.62 bits per heavy atom. The molecular weight excluding hydrogens is 497 g/mol. The monoisotopic (exact) mass is 530 g/mol. The molecule has 0 aromatic carbocycles. The third-order valence-electron chi connectivity index (χ3n) is 5.51. The second-order valence-electron chi connectivity index (χ2n) is 8.23. The van der Waals surface area contributed by atoms with Gasteiger partial charge in [-0.1, -0.05) is 18.2 Å². The first-order chi connectivity index (χ1) is 17.6. The molecule has 2 aliphatic rings. The Labute approximate surface area is 213 Å². The number of carbonyl (C=O) groups excluding carboxylic acids is 1. The Bertz CT molecular complexity index is 955. The van der Waals surface area contributed by atoms with Gasteiger partial charge < -0.3 is 34.6 Å². The molecule has 0 amide bonds. The first-order valence-corrected chi connectivity index (χ1v) is 11.8. The Hall–Kier alpha value is -3.23. The molecule has 11 nitrogen and oxygen atoms in total. The van der Waals surface area contributed by atoms with Crippen LogP contribution in [0.4, 0.5) is 19.0 Å². The minimum atomic E-state index is -4.68. The average molecular weight is 531 g/mol. The van der Waals surface area contributed by atoms with E-state index < -0.39 is 11.3 Å². The number of likely N-dealkylation sites (N-methyl/N-ethyl adjacent to an activating group) is 1. The first kappa shape index (κ1) is 30.0. The van der Waals surface area contributed by atoms with E-state index in [9.17, 15) is 28.1 Å². The van der Waals surface area contributed by atoms with E-state index in [4.69, 9.17) is 4.74 Å². The number of halogens is 3. The molecule has 1 aromatic heterocycles. The molecule has 1 N–H and O–H groups in total. The summed E-state index contributed by atoms with van der Waals surface area (Å²) in [7, 11) is 1.82. The number of alkyl halides is 3. The number of carbonyl (C=O) groups is 1. The summed E-state index contributed by atoms with van der Waals surface area (Å²) in [4.78, 5) is 28.4. The van der Waals surface area contributed by atoms with Crippen molar-refractivity contribution in [2.75, 3.05) is 52.9 Å². The van der Waals surface area contributed by atoms with Crippen molar-refractivity contribution in [3.8, 4) is 6.01 Å². The standard InChI is InChI=1S/C16H23F3N2O2.C7H10N4O3/c1-2-6-15(23-16(17,18)19)7-3-4-8-20-10-12-21(13-11-20)9-5-14-22;1-8-5-2-10-3-6(11(12)13)9-7(10)14-4-5/h2-4,6-7,14H,5,8-13H2,1H3;3,5,8H,2,4H2,1H3/b4-3?,6-2-,15-7+;. The van der Waals surface area contributed by atoms with Gasteiger partial charge in [0.2, 0.25) is 0 Å². The van der Waals surface area contributed by atoms with Crippen molar-refractivity contribution >= 4 is 12.1 Å². The highest BCUT2D eigenvalue weighted by Crippen LogP contribution is 2.22. The van der Waals surface area contributed by atoms with Gasteiger partial charge in [0, 0.05) is 57.2 Å². The molecule has 2 aliphatic heterocycles. The number of hydrogen-bond donors (Lipinski definition) is 1. The maximum absolute atomic E-state index is 12.2. The molecule has 0 spiro atoms. The lowest BCUT2D eigenvalue weighted by Gasteiger charge is -2.33. The summed E-state index contributed by atoms with van der Waals surface area (Å²) < 4.78 is 47.4. The molecule has 37 heavy (non-hydrogen) atoms. The number of nitrogens with one attached hydrogen (secondary N) is 1. The predicted molar refractivity (Wildman–Crippen MR) is 130 cm³/mol. The zero-order valence-corrected chi connectivity index (χ0v) is 20.9. The molecule has 14 heteroatoms. The van der Waals surface area contributed by atoms with Crippen LogP contribution in [0.3, 0.4) is 0 Å². The predicted octanol–water partition coefficient (Wildman–Crippen LogP) is 2.52. The fourth-order valence-electron chi connectivity index (χ4n) is 3.58. The van der Waals surface area contributed by atoms with E-state index in [-0.39, 0.29) is 17.6 Å². The Morgan fingerprint density at radius 2 is 2.03 bits per heavy atom. The number of rotatable bonds is 10. The summed E-state index contributed by atoms with van der Waals surface area (Å²) in [6.07, 6.45) is 5.62. The van der Waals surface area contributed by atoms with Gasteiger partial charge >= 0.3 is 18.2 Å². The topological polar surface area (TPSA) is 115 Å². The molecule has 1 atom stereocenters. The summed E-state index contributed by atoms with van der Waals surface area (Å²) >= 11 is 0. The number of ether oxygens (including phenoxy) is 2. The summed E-state index contributed by atoms with van der Waals surface area (Å²) in [5.74, 6) is -0.410. The molecule has 0 bridgehead atoms. The van der Waals surface area contributed by atoms with Crippen LogP contribution in [0.2, 0.25) is 0 Å². The minimum Gasteiger partial charge on any atom is -0.444 e. The maximum atomic E-state index is 12.2. The summed E-state index contributed by atoms with van der Waals surface area (Å²) in [6.45, 7) is 7.79. The van der Waals surface area contributed by atoms with Crippen LogP contribution in [0.5, 0.6) is 6.01 Å². The molecular formula is C23H33F3N6O5. The van der Waals surface area contributed by atoms with Crippen molar-refractivity contribution in [2.24, 2.45) is 0 Å². The van der Waals surface area contributed by atoms with Gasteiger partial charge in [0.1, 0.15) is 24.8 Å². The Kier molecular flexibility index (Phi) is 12.3. The summed E-state index contributed by atoms with van der Waals surface area (Å²) in [6, 6.07) is 0.500. The lowest BCUT2D eigenvalue weighted by atomic mass is 10.3. The number of nitro groups is 1. The Balaban J connectivity index is 0.000000291. The minimum absolute atomic E-state index is 0.170. The Morgan fingerprint density at radius 1 is 1.32 bits per heavy atom. The van der Waals surface area contributed by atoms with Crippen molar-refractivity contribution in [1.29, 1.82) is 0 Å².